The fourth-order valence-corrected chi connectivity index (χ4v) is 2.21. The third-order valence-corrected chi connectivity index (χ3v) is 2.90. The molecule has 0 unspecified atom stereocenters. The minimum Gasteiger partial charge on any atom is -0.312 e. The summed E-state index contributed by atoms with van der Waals surface area (Å²) in [6.45, 7) is 0. The highest BCUT2D eigenvalue weighted by atomic mass is 15.3. The summed E-state index contributed by atoms with van der Waals surface area (Å²) < 4.78 is 4.02. The van der Waals surface area contributed by atoms with Crippen LogP contribution in [0.25, 0.3) is 22.2 Å². The Balaban J connectivity index is 2.51. The molecule has 3 heterocycles. The molecule has 4 aromatic rings. The first kappa shape index (κ1) is 7.87. The van der Waals surface area contributed by atoms with Crippen LogP contribution in [0.15, 0.2) is 48.9 Å². The Labute approximate surface area is 90.8 Å². The van der Waals surface area contributed by atoms with Crippen molar-refractivity contribution in [2.45, 2.75) is 0 Å². The van der Waals surface area contributed by atoms with Crippen molar-refractivity contribution in [3.8, 4) is 0 Å². The Morgan fingerprint density at radius 3 is 2.62 bits per heavy atom. The molecule has 0 atom stereocenters. The zero-order valence-electron chi connectivity index (χ0n) is 8.41. The lowest BCUT2D eigenvalue weighted by Crippen LogP contribution is -1.96. The number of hydrogen-bond donors (Lipinski definition) is 0. The van der Waals surface area contributed by atoms with E-state index in [0.29, 0.717) is 0 Å². The highest BCUT2D eigenvalue weighted by Crippen LogP contribution is 2.20. The monoisotopic (exact) mass is 208 g/mol. The van der Waals surface area contributed by atoms with Crippen molar-refractivity contribution in [1.29, 1.82) is 0 Å². The van der Waals surface area contributed by atoms with E-state index in [9.17, 15) is 0 Å². The Morgan fingerprint density at radius 1 is 0.875 bits per heavy atom. The Hall–Kier alpha value is -2.36. The number of hydrogen-bond acceptors (Lipinski definition) is 2. The molecule has 0 spiro atoms. The van der Waals surface area contributed by atoms with Crippen LogP contribution in [0.5, 0.6) is 0 Å². The maximum Gasteiger partial charge on any atom is 0.180 e. The summed E-state index contributed by atoms with van der Waals surface area (Å²) in [5.41, 5.74) is 4.18. The number of fused-ring (bicyclic) bond motifs is 6. The van der Waals surface area contributed by atoms with Gasteiger partial charge in [-0.3, -0.25) is 0 Å². The van der Waals surface area contributed by atoms with Gasteiger partial charge >= 0.3 is 0 Å². The average Bonchev–Trinajstić information content (AvgIpc) is 2.98. The van der Waals surface area contributed by atoms with Gasteiger partial charge in [-0.15, -0.1) is 0 Å². The topological polar surface area (TPSA) is 34.6 Å². The summed E-state index contributed by atoms with van der Waals surface area (Å²) in [4.78, 5) is 4.30. The van der Waals surface area contributed by atoms with E-state index >= 15 is 0 Å². The summed E-state index contributed by atoms with van der Waals surface area (Å²) in [7, 11) is 0. The molecule has 16 heavy (non-hydrogen) atoms. The molecule has 0 saturated heterocycles. The highest BCUT2D eigenvalue weighted by Gasteiger charge is 2.08. The Bertz CT molecular complexity index is 740. The SMILES string of the molecule is c1ccc2c(c1)n1cccc1c1ncnn21. The minimum atomic E-state index is 0.892. The van der Waals surface area contributed by atoms with Gasteiger partial charge in [0.05, 0.1) is 16.6 Å². The van der Waals surface area contributed by atoms with Crippen LogP contribution in [0.1, 0.15) is 0 Å². The Kier molecular flexibility index (Phi) is 1.28. The van der Waals surface area contributed by atoms with Gasteiger partial charge in [0.25, 0.3) is 0 Å². The van der Waals surface area contributed by atoms with Gasteiger partial charge in [-0.1, -0.05) is 12.1 Å². The molecule has 0 amide bonds. The van der Waals surface area contributed by atoms with Gasteiger partial charge in [-0.2, -0.15) is 5.10 Å². The number of aromatic nitrogens is 4. The second-order valence-electron chi connectivity index (χ2n) is 3.75. The van der Waals surface area contributed by atoms with Crippen molar-refractivity contribution >= 4 is 22.2 Å². The molecule has 0 saturated carbocycles. The third-order valence-electron chi connectivity index (χ3n) is 2.90. The second kappa shape index (κ2) is 2.61. The molecule has 1 aromatic carbocycles. The smallest absolute Gasteiger partial charge is 0.180 e. The van der Waals surface area contributed by atoms with Crippen molar-refractivity contribution in [2.24, 2.45) is 0 Å². The lowest BCUT2D eigenvalue weighted by molar-refractivity contribution is 0.995. The van der Waals surface area contributed by atoms with Crippen molar-refractivity contribution in [3.05, 3.63) is 48.9 Å². The molecule has 0 aliphatic carbocycles. The molecular formula is C12H8N4. The standard InChI is InChI=1S/C12H8N4/c1-2-5-10-9(4-1)15-7-3-6-11(15)12-13-8-14-16(10)12/h1-8H. The quantitative estimate of drug-likeness (QED) is 0.443. The summed E-state index contributed by atoms with van der Waals surface area (Å²) in [6, 6.07) is 12.3. The van der Waals surface area contributed by atoms with E-state index in [4.69, 9.17) is 0 Å². The fourth-order valence-electron chi connectivity index (χ4n) is 2.21. The second-order valence-corrected chi connectivity index (χ2v) is 3.75. The zero-order valence-corrected chi connectivity index (χ0v) is 8.41. The van der Waals surface area contributed by atoms with Gasteiger partial charge in [0, 0.05) is 6.20 Å². The highest BCUT2D eigenvalue weighted by molar-refractivity contribution is 5.86. The maximum absolute atomic E-state index is 4.30. The number of nitrogens with zero attached hydrogens (tertiary/aromatic N) is 4. The molecule has 4 rings (SSSR count). The van der Waals surface area contributed by atoms with Crippen LogP contribution in [0, 0.1) is 0 Å². The van der Waals surface area contributed by atoms with Crippen molar-refractivity contribution in [3.63, 3.8) is 0 Å². The molecule has 0 aliphatic rings. The molecule has 0 aliphatic heterocycles. The third kappa shape index (κ3) is 0.798. The molecule has 3 aromatic heterocycles. The lowest BCUT2D eigenvalue weighted by atomic mass is 10.3. The van der Waals surface area contributed by atoms with Crippen molar-refractivity contribution < 1.29 is 0 Å². The van der Waals surface area contributed by atoms with Gasteiger partial charge in [0.15, 0.2) is 5.65 Å². The number of benzene rings is 1. The van der Waals surface area contributed by atoms with E-state index in [1.165, 1.54) is 0 Å². The van der Waals surface area contributed by atoms with E-state index in [1.807, 2.05) is 28.9 Å². The van der Waals surface area contributed by atoms with Crippen LogP contribution in [0.3, 0.4) is 0 Å². The molecular weight excluding hydrogens is 200 g/mol. The molecule has 4 heteroatoms. The number of para-hydroxylation sites is 2. The lowest BCUT2D eigenvalue weighted by Gasteiger charge is -2.04. The van der Waals surface area contributed by atoms with Gasteiger partial charge in [-0.25, -0.2) is 9.50 Å². The molecule has 4 nitrogen and oxygen atoms in total. The van der Waals surface area contributed by atoms with E-state index in [2.05, 4.69) is 32.7 Å². The summed E-state index contributed by atoms with van der Waals surface area (Å²) in [5.74, 6) is 0. The van der Waals surface area contributed by atoms with Crippen LogP contribution in [0.4, 0.5) is 0 Å². The van der Waals surface area contributed by atoms with Gasteiger partial charge in [0.1, 0.15) is 6.33 Å². The van der Waals surface area contributed by atoms with Gasteiger partial charge in [-0.05, 0) is 24.3 Å². The van der Waals surface area contributed by atoms with Gasteiger partial charge < -0.3 is 4.40 Å². The van der Waals surface area contributed by atoms with E-state index in [0.717, 1.165) is 22.2 Å². The first-order valence-corrected chi connectivity index (χ1v) is 5.13. The maximum atomic E-state index is 4.30. The van der Waals surface area contributed by atoms with Crippen LogP contribution < -0.4 is 0 Å². The molecule has 0 radical (unpaired) electrons. The zero-order chi connectivity index (χ0) is 10.5. The van der Waals surface area contributed by atoms with Crippen LogP contribution in [-0.4, -0.2) is 19.0 Å². The predicted molar refractivity (Wildman–Crippen MR) is 61.4 cm³/mol. The van der Waals surface area contributed by atoms with Crippen LogP contribution >= 0.6 is 0 Å². The average molecular weight is 208 g/mol. The Morgan fingerprint density at radius 2 is 1.69 bits per heavy atom. The van der Waals surface area contributed by atoms with Crippen molar-refractivity contribution in [1.82, 2.24) is 19.0 Å². The molecule has 0 N–H and O–H groups in total. The summed E-state index contributed by atoms with van der Waals surface area (Å²) >= 11 is 0. The summed E-state index contributed by atoms with van der Waals surface area (Å²) in [5, 5.41) is 4.27. The van der Waals surface area contributed by atoms with E-state index < -0.39 is 0 Å². The van der Waals surface area contributed by atoms with E-state index in [-0.39, 0.29) is 0 Å². The van der Waals surface area contributed by atoms with Crippen LogP contribution in [-0.2, 0) is 0 Å². The minimum absolute atomic E-state index is 0.892. The summed E-state index contributed by atoms with van der Waals surface area (Å²) in [6.07, 6.45) is 3.64. The molecule has 0 fully saturated rings. The predicted octanol–water partition coefficient (Wildman–Crippen LogP) is 2.14. The van der Waals surface area contributed by atoms with Crippen molar-refractivity contribution in [2.75, 3.05) is 0 Å². The van der Waals surface area contributed by atoms with Crippen LogP contribution in [0.2, 0.25) is 0 Å². The first-order valence-electron chi connectivity index (χ1n) is 5.13. The normalized spacial score (nSPS) is 11.8. The largest absolute Gasteiger partial charge is 0.312 e. The number of rotatable bonds is 0. The first-order chi connectivity index (χ1) is 7.95. The van der Waals surface area contributed by atoms with Gasteiger partial charge in [0.2, 0.25) is 0 Å². The fraction of sp³-hybridized carbons (Fsp3) is 0. The van der Waals surface area contributed by atoms with E-state index in [1.54, 1.807) is 6.33 Å². The molecule has 76 valence electrons. The molecule has 0 bridgehead atoms.